The molecule has 3 aliphatic rings. The van der Waals surface area contributed by atoms with E-state index in [1.807, 2.05) is 6.92 Å². The van der Waals surface area contributed by atoms with Gasteiger partial charge in [0.15, 0.2) is 0 Å². The minimum absolute atomic E-state index is 0.0434. The number of β-lactam (4-membered cyclic amide) rings is 1. The summed E-state index contributed by atoms with van der Waals surface area (Å²) in [5.41, 5.74) is 0.0434. The summed E-state index contributed by atoms with van der Waals surface area (Å²) in [7, 11) is 0. The number of carbonyl (C=O) groups is 2. The highest BCUT2D eigenvalue weighted by molar-refractivity contribution is 8.03. The number of aliphatic carboxylic acids is 1. The van der Waals surface area contributed by atoms with E-state index >= 15 is 0 Å². The monoisotopic (exact) mass is 343 g/mol. The molecule has 1 amide bonds. The number of carboxylic acids is 1. The Kier molecular flexibility index (Phi) is 4.43. The number of nitrogens with zero attached hydrogens (tertiary/aromatic N) is 1. The quantitative estimate of drug-likeness (QED) is 0.604. The molecular weight excluding hydrogens is 322 g/mol. The van der Waals surface area contributed by atoms with E-state index in [0.29, 0.717) is 17.9 Å². The Hall–Kier alpha value is -1.09. The summed E-state index contributed by atoms with van der Waals surface area (Å²) in [6, 6.07) is -0.285. The molecule has 8 heteroatoms. The van der Waals surface area contributed by atoms with Crippen LogP contribution in [0.5, 0.6) is 0 Å². The van der Waals surface area contributed by atoms with Crippen molar-refractivity contribution >= 4 is 23.6 Å². The van der Waals surface area contributed by atoms with Crippen LogP contribution in [-0.2, 0) is 14.3 Å². The zero-order valence-electron chi connectivity index (χ0n) is 13.0. The van der Waals surface area contributed by atoms with Crippen molar-refractivity contribution in [2.75, 3.05) is 13.2 Å². The lowest BCUT2D eigenvalue weighted by Crippen LogP contribution is -2.63. The van der Waals surface area contributed by atoms with Crippen LogP contribution >= 0.6 is 11.8 Å². The fourth-order valence-corrected chi connectivity index (χ4v) is 5.21. The molecule has 0 radical (unpaired) electrons. The Morgan fingerprint density at radius 2 is 2.22 bits per heavy atom. The van der Waals surface area contributed by atoms with Gasteiger partial charge in [0.25, 0.3) is 0 Å². The molecule has 3 aliphatic heterocycles. The molecule has 0 saturated carbocycles. The number of ether oxygens (including phenoxy) is 1. The van der Waals surface area contributed by atoms with Gasteiger partial charge in [0.05, 0.1) is 37.4 Å². The highest BCUT2D eigenvalue weighted by Crippen LogP contribution is 2.52. The van der Waals surface area contributed by atoms with E-state index in [1.165, 1.54) is 16.7 Å². The van der Waals surface area contributed by atoms with Gasteiger partial charge in [0.2, 0.25) is 5.91 Å². The molecule has 6 atom stereocenters. The fourth-order valence-electron chi connectivity index (χ4n) is 3.74. The van der Waals surface area contributed by atoms with Crippen LogP contribution in [0, 0.1) is 11.8 Å². The van der Waals surface area contributed by atoms with E-state index in [2.05, 4.69) is 0 Å². The van der Waals surface area contributed by atoms with Crippen LogP contribution in [0.3, 0.4) is 0 Å². The molecular formula is C15H21NO6S. The molecule has 3 N–H and O–H groups in total. The molecule has 2 saturated heterocycles. The van der Waals surface area contributed by atoms with Gasteiger partial charge in [-0.1, -0.05) is 6.92 Å². The number of carbonyl (C=O) groups excluding carboxylic acids is 1. The van der Waals surface area contributed by atoms with Crippen molar-refractivity contribution in [2.45, 2.75) is 43.8 Å². The van der Waals surface area contributed by atoms with E-state index in [-0.39, 0.29) is 41.5 Å². The van der Waals surface area contributed by atoms with Gasteiger partial charge in [-0.3, -0.25) is 4.79 Å². The van der Waals surface area contributed by atoms with Gasteiger partial charge >= 0.3 is 5.97 Å². The van der Waals surface area contributed by atoms with Crippen LogP contribution in [0.1, 0.15) is 20.3 Å². The Bertz CT molecular complexity index is 562. The first-order valence-electron chi connectivity index (χ1n) is 7.74. The van der Waals surface area contributed by atoms with Crippen molar-refractivity contribution in [1.29, 1.82) is 0 Å². The summed E-state index contributed by atoms with van der Waals surface area (Å²) in [6.07, 6.45) is -0.343. The van der Waals surface area contributed by atoms with Crippen molar-refractivity contribution in [3.8, 4) is 0 Å². The molecule has 6 unspecified atom stereocenters. The third-order valence-electron chi connectivity index (χ3n) is 4.85. The number of amides is 1. The van der Waals surface area contributed by atoms with Gasteiger partial charge in [0, 0.05) is 16.1 Å². The Balaban J connectivity index is 1.83. The highest BCUT2D eigenvalue weighted by Gasteiger charge is 2.60. The van der Waals surface area contributed by atoms with E-state index < -0.39 is 18.0 Å². The third kappa shape index (κ3) is 2.57. The van der Waals surface area contributed by atoms with Gasteiger partial charge in [-0.2, -0.15) is 0 Å². The van der Waals surface area contributed by atoms with Gasteiger partial charge < -0.3 is 25.0 Å². The van der Waals surface area contributed by atoms with E-state index in [1.54, 1.807) is 6.92 Å². The molecule has 2 fully saturated rings. The Morgan fingerprint density at radius 3 is 2.74 bits per heavy atom. The second-order valence-corrected chi connectivity index (χ2v) is 7.73. The van der Waals surface area contributed by atoms with Gasteiger partial charge in [-0.25, -0.2) is 4.79 Å². The first-order valence-corrected chi connectivity index (χ1v) is 8.62. The summed E-state index contributed by atoms with van der Waals surface area (Å²) >= 11 is 1.43. The fraction of sp³-hybridized carbons (Fsp3) is 0.733. The van der Waals surface area contributed by atoms with Gasteiger partial charge in [-0.05, 0) is 13.3 Å². The molecule has 0 aromatic rings. The second kappa shape index (κ2) is 6.08. The number of aliphatic hydroxyl groups is 2. The SMILES string of the molecule is CC(O)C1C(=O)N2C(C(=O)O)=C(SC3COC(CO)C3)C(C)C12. The number of hydrogen-bond donors (Lipinski definition) is 3. The van der Waals surface area contributed by atoms with E-state index in [0.717, 1.165) is 0 Å². The first kappa shape index (κ1) is 16.8. The summed E-state index contributed by atoms with van der Waals surface area (Å²) in [4.78, 5) is 25.9. The Morgan fingerprint density at radius 1 is 1.52 bits per heavy atom. The maximum absolute atomic E-state index is 12.2. The second-order valence-electron chi connectivity index (χ2n) is 6.39. The average molecular weight is 343 g/mol. The third-order valence-corrected chi connectivity index (χ3v) is 6.33. The van der Waals surface area contributed by atoms with Crippen LogP contribution < -0.4 is 0 Å². The number of carboxylic acid groups (broad SMARTS) is 1. The largest absolute Gasteiger partial charge is 0.477 e. The lowest BCUT2D eigenvalue weighted by molar-refractivity contribution is -0.163. The maximum Gasteiger partial charge on any atom is 0.353 e. The van der Waals surface area contributed by atoms with Crippen LogP contribution in [0.4, 0.5) is 0 Å². The normalized spacial score (nSPS) is 37.8. The molecule has 0 aliphatic carbocycles. The van der Waals surface area contributed by atoms with Crippen molar-refractivity contribution in [3.05, 3.63) is 10.6 Å². The summed E-state index contributed by atoms with van der Waals surface area (Å²) in [5.74, 6) is -2.10. The van der Waals surface area contributed by atoms with Crippen LogP contribution in [0.25, 0.3) is 0 Å². The zero-order valence-corrected chi connectivity index (χ0v) is 13.8. The number of aliphatic hydroxyl groups excluding tert-OH is 2. The van der Waals surface area contributed by atoms with Crippen LogP contribution in [0.15, 0.2) is 10.6 Å². The molecule has 0 spiro atoms. The molecule has 0 aromatic heterocycles. The standard InChI is InChI=1S/C15H21NO6S/c1-6-11-10(7(2)18)14(19)16(11)12(15(20)21)13(6)23-9-3-8(4-17)22-5-9/h6-11,17-18H,3-5H2,1-2H3,(H,20,21). The van der Waals surface area contributed by atoms with E-state index in [4.69, 9.17) is 9.84 Å². The maximum atomic E-state index is 12.2. The molecule has 23 heavy (non-hydrogen) atoms. The molecule has 0 aromatic carbocycles. The molecule has 7 nitrogen and oxygen atoms in total. The van der Waals surface area contributed by atoms with Gasteiger partial charge in [-0.15, -0.1) is 11.8 Å². The van der Waals surface area contributed by atoms with Gasteiger partial charge in [0.1, 0.15) is 5.70 Å². The Labute approximate surface area is 138 Å². The first-order chi connectivity index (χ1) is 10.9. The predicted octanol–water partition coefficient (Wildman–Crippen LogP) is 0.0231. The highest BCUT2D eigenvalue weighted by atomic mass is 32.2. The lowest BCUT2D eigenvalue weighted by Gasteiger charge is -2.46. The number of fused-ring (bicyclic) bond motifs is 1. The minimum atomic E-state index is -1.11. The average Bonchev–Trinajstić information content (AvgIpc) is 3.02. The molecule has 128 valence electrons. The number of hydrogen-bond acceptors (Lipinski definition) is 6. The molecule has 0 bridgehead atoms. The van der Waals surface area contributed by atoms with Crippen LogP contribution in [-0.4, -0.2) is 68.8 Å². The zero-order chi connectivity index (χ0) is 16.9. The molecule has 3 rings (SSSR count). The lowest BCUT2D eigenvalue weighted by atomic mass is 9.79. The summed E-state index contributed by atoms with van der Waals surface area (Å²) < 4.78 is 5.44. The number of rotatable bonds is 5. The topological polar surface area (TPSA) is 107 Å². The van der Waals surface area contributed by atoms with Crippen molar-refractivity contribution in [3.63, 3.8) is 0 Å². The number of thioether (sulfide) groups is 1. The van der Waals surface area contributed by atoms with Crippen molar-refractivity contribution in [1.82, 2.24) is 4.90 Å². The van der Waals surface area contributed by atoms with E-state index in [9.17, 15) is 19.8 Å². The van der Waals surface area contributed by atoms with Crippen molar-refractivity contribution in [2.24, 2.45) is 11.8 Å². The van der Waals surface area contributed by atoms with Crippen molar-refractivity contribution < 1.29 is 29.6 Å². The van der Waals surface area contributed by atoms with Crippen LogP contribution in [0.2, 0.25) is 0 Å². The summed E-state index contributed by atoms with van der Waals surface area (Å²) in [6.45, 7) is 3.87. The smallest absolute Gasteiger partial charge is 0.353 e. The summed E-state index contributed by atoms with van der Waals surface area (Å²) in [5, 5.41) is 28.5. The molecule has 3 heterocycles. The predicted molar refractivity (Wildman–Crippen MR) is 82.5 cm³/mol. The minimum Gasteiger partial charge on any atom is -0.477 e.